The van der Waals surface area contributed by atoms with Crippen LogP contribution < -0.4 is 14.8 Å². The first-order chi connectivity index (χ1) is 17.5. The number of carbonyl (C=O) groups is 2. The summed E-state index contributed by atoms with van der Waals surface area (Å²) >= 11 is 0. The fourth-order valence-electron chi connectivity index (χ4n) is 4.60. The molecule has 0 radical (unpaired) electrons. The molecule has 2 N–H and O–H groups in total. The normalized spacial score (nSPS) is 14.0. The van der Waals surface area contributed by atoms with E-state index < -0.39 is 11.8 Å². The summed E-state index contributed by atoms with van der Waals surface area (Å²) in [4.78, 5) is 38.6. The first kappa shape index (κ1) is 23.3. The van der Waals surface area contributed by atoms with Gasteiger partial charge in [-0.15, -0.1) is 0 Å². The number of fused-ring (bicyclic) bond motifs is 1. The van der Waals surface area contributed by atoms with E-state index >= 15 is 0 Å². The smallest absolute Gasteiger partial charge is 0.313 e. The number of nitrogens with one attached hydrogen (secondary N) is 2. The summed E-state index contributed by atoms with van der Waals surface area (Å²) in [6, 6.07) is 11.2. The van der Waals surface area contributed by atoms with E-state index in [0.717, 1.165) is 35.1 Å². The molecule has 0 unspecified atom stereocenters. The number of piperidine rings is 1. The highest BCUT2D eigenvalue weighted by Gasteiger charge is 2.29. The zero-order chi connectivity index (χ0) is 25.1. The Balaban J connectivity index is 1.19. The third-order valence-corrected chi connectivity index (χ3v) is 6.55. The number of amides is 2. The minimum Gasteiger partial charge on any atom is -0.497 e. The molecule has 2 amide bonds. The molecule has 1 aliphatic rings. The van der Waals surface area contributed by atoms with Gasteiger partial charge < -0.3 is 24.7 Å². The summed E-state index contributed by atoms with van der Waals surface area (Å²) in [5, 5.41) is 3.88. The Morgan fingerprint density at radius 3 is 2.61 bits per heavy atom. The monoisotopic (exact) mass is 485 g/mol. The maximum absolute atomic E-state index is 12.9. The Hall–Kier alpha value is -4.40. The molecular formula is C27H27N5O4. The van der Waals surface area contributed by atoms with Gasteiger partial charge in [-0.25, -0.2) is 4.98 Å². The van der Waals surface area contributed by atoms with Gasteiger partial charge in [0.25, 0.3) is 0 Å². The number of benzene rings is 2. The first-order valence-corrected chi connectivity index (χ1v) is 11.8. The molecule has 184 valence electrons. The summed E-state index contributed by atoms with van der Waals surface area (Å²) < 4.78 is 11.0. The predicted molar refractivity (Wildman–Crippen MR) is 135 cm³/mol. The summed E-state index contributed by atoms with van der Waals surface area (Å²) in [5.41, 5.74) is 3.61. The van der Waals surface area contributed by atoms with Crippen LogP contribution in [0.25, 0.3) is 10.9 Å². The number of aromatic amines is 1. The third-order valence-electron chi connectivity index (χ3n) is 6.55. The zero-order valence-corrected chi connectivity index (χ0v) is 20.2. The van der Waals surface area contributed by atoms with E-state index in [-0.39, 0.29) is 0 Å². The lowest BCUT2D eigenvalue weighted by Gasteiger charge is -2.31. The highest BCUT2D eigenvalue weighted by atomic mass is 16.5. The van der Waals surface area contributed by atoms with Gasteiger partial charge in [0.05, 0.1) is 13.3 Å². The Kier molecular flexibility index (Phi) is 6.53. The lowest BCUT2D eigenvalue weighted by Crippen LogP contribution is -2.43. The Morgan fingerprint density at radius 1 is 1.08 bits per heavy atom. The number of nitrogens with zero attached hydrogens (tertiary/aromatic N) is 3. The molecule has 1 saturated heterocycles. The number of aromatic nitrogens is 3. The molecule has 0 saturated carbocycles. The van der Waals surface area contributed by atoms with E-state index in [1.54, 1.807) is 42.6 Å². The highest BCUT2D eigenvalue weighted by Crippen LogP contribution is 2.35. The van der Waals surface area contributed by atoms with Gasteiger partial charge in [-0.2, -0.15) is 0 Å². The van der Waals surface area contributed by atoms with Gasteiger partial charge in [0.1, 0.15) is 11.5 Å². The number of hydrogen-bond donors (Lipinski definition) is 2. The molecule has 36 heavy (non-hydrogen) atoms. The van der Waals surface area contributed by atoms with Crippen LogP contribution in [0, 0.1) is 6.92 Å². The minimum atomic E-state index is -0.643. The van der Waals surface area contributed by atoms with Crippen LogP contribution in [0.2, 0.25) is 0 Å². The quantitative estimate of drug-likeness (QED) is 0.405. The number of ether oxygens (including phenoxy) is 2. The van der Waals surface area contributed by atoms with Crippen molar-refractivity contribution in [3.8, 4) is 17.4 Å². The fraction of sp³-hybridized carbons (Fsp3) is 0.259. The van der Waals surface area contributed by atoms with Crippen LogP contribution in [0.3, 0.4) is 0 Å². The summed E-state index contributed by atoms with van der Waals surface area (Å²) in [6.45, 7) is 2.89. The largest absolute Gasteiger partial charge is 0.497 e. The SMILES string of the molecule is COc1ccc2[nH]cc(C3CCN(C(=O)C(=O)Nc4ccc(Oc5cnccn5)cc4C)CC3)c2c1. The second-order valence-corrected chi connectivity index (χ2v) is 8.80. The first-order valence-electron chi connectivity index (χ1n) is 11.8. The van der Waals surface area contributed by atoms with Gasteiger partial charge in [0, 0.05) is 48.3 Å². The number of anilines is 1. The van der Waals surface area contributed by atoms with Crippen molar-refractivity contribution in [3.63, 3.8) is 0 Å². The molecule has 2 aromatic carbocycles. The van der Waals surface area contributed by atoms with Crippen molar-refractivity contribution >= 4 is 28.4 Å². The van der Waals surface area contributed by atoms with Crippen LogP contribution in [0.4, 0.5) is 5.69 Å². The number of aryl methyl sites for hydroxylation is 1. The lowest BCUT2D eigenvalue weighted by atomic mass is 9.89. The van der Waals surface area contributed by atoms with E-state index in [4.69, 9.17) is 9.47 Å². The molecule has 5 rings (SSSR count). The van der Waals surface area contributed by atoms with Gasteiger partial charge in [-0.1, -0.05) is 0 Å². The molecule has 3 heterocycles. The Morgan fingerprint density at radius 2 is 1.89 bits per heavy atom. The van der Waals surface area contributed by atoms with Crippen molar-refractivity contribution in [1.82, 2.24) is 19.9 Å². The van der Waals surface area contributed by atoms with Crippen LogP contribution in [0.15, 0.2) is 61.2 Å². The maximum atomic E-state index is 12.9. The van der Waals surface area contributed by atoms with Crippen molar-refractivity contribution < 1.29 is 19.1 Å². The minimum absolute atomic E-state index is 0.307. The van der Waals surface area contributed by atoms with Gasteiger partial charge in [0.2, 0.25) is 5.88 Å². The van der Waals surface area contributed by atoms with Gasteiger partial charge in [-0.05, 0) is 73.2 Å². The fourth-order valence-corrected chi connectivity index (χ4v) is 4.60. The molecule has 0 bridgehead atoms. The number of hydrogen-bond acceptors (Lipinski definition) is 6. The number of H-pyrrole nitrogens is 1. The molecule has 0 atom stereocenters. The average molecular weight is 486 g/mol. The van der Waals surface area contributed by atoms with Crippen molar-refractivity contribution in [2.45, 2.75) is 25.7 Å². The second kappa shape index (κ2) is 10.1. The van der Waals surface area contributed by atoms with Crippen LogP contribution in [0.5, 0.6) is 17.4 Å². The third kappa shape index (κ3) is 4.86. The molecule has 9 nitrogen and oxygen atoms in total. The molecule has 0 aliphatic carbocycles. The van der Waals surface area contributed by atoms with E-state index in [1.165, 1.54) is 11.8 Å². The second-order valence-electron chi connectivity index (χ2n) is 8.80. The topological polar surface area (TPSA) is 109 Å². The molecular weight excluding hydrogens is 458 g/mol. The Bertz CT molecular complexity index is 1390. The molecule has 2 aromatic heterocycles. The van der Waals surface area contributed by atoms with E-state index in [9.17, 15) is 9.59 Å². The van der Waals surface area contributed by atoms with Crippen molar-refractivity contribution in [1.29, 1.82) is 0 Å². The van der Waals surface area contributed by atoms with E-state index in [0.29, 0.717) is 36.3 Å². The van der Waals surface area contributed by atoms with Crippen LogP contribution >= 0.6 is 0 Å². The van der Waals surface area contributed by atoms with Crippen molar-refractivity contribution in [3.05, 3.63) is 72.3 Å². The number of rotatable bonds is 5. The molecule has 1 fully saturated rings. The van der Waals surface area contributed by atoms with Crippen LogP contribution in [-0.4, -0.2) is 51.9 Å². The standard InChI is InChI=1S/C27H27N5O4/c1-17-13-20(36-25-16-28-9-10-29-25)4-5-23(17)31-26(33)27(34)32-11-7-18(8-12-32)22-15-30-24-6-3-19(35-2)14-21(22)24/h3-6,9-10,13-16,18,30H,7-8,11-12H2,1-2H3,(H,31,33). The van der Waals surface area contributed by atoms with Gasteiger partial charge in [-0.3, -0.25) is 14.6 Å². The number of carbonyl (C=O) groups excluding carboxylic acids is 2. The van der Waals surface area contributed by atoms with E-state index in [2.05, 4.69) is 20.3 Å². The predicted octanol–water partition coefficient (Wildman–Crippen LogP) is 4.41. The van der Waals surface area contributed by atoms with Crippen LogP contribution in [-0.2, 0) is 9.59 Å². The van der Waals surface area contributed by atoms with Crippen molar-refractivity contribution in [2.24, 2.45) is 0 Å². The summed E-state index contributed by atoms with van der Waals surface area (Å²) in [5.74, 6) is 0.899. The van der Waals surface area contributed by atoms with E-state index in [1.807, 2.05) is 31.3 Å². The maximum Gasteiger partial charge on any atom is 0.313 e. The molecule has 1 aliphatic heterocycles. The van der Waals surface area contributed by atoms with Gasteiger partial charge in [0.15, 0.2) is 0 Å². The average Bonchev–Trinajstić information content (AvgIpc) is 3.33. The molecule has 4 aromatic rings. The number of likely N-dealkylation sites (tertiary alicyclic amines) is 1. The Labute approximate surface area is 208 Å². The number of methoxy groups -OCH3 is 1. The lowest BCUT2D eigenvalue weighted by molar-refractivity contribution is -0.143. The molecule has 9 heteroatoms. The van der Waals surface area contributed by atoms with Crippen LogP contribution in [0.1, 0.15) is 29.9 Å². The summed E-state index contributed by atoms with van der Waals surface area (Å²) in [7, 11) is 1.66. The highest BCUT2D eigenvalue weighted by molar-refractivity contribution is 6.39. The zero-order valence-electron chi connectivity index (χ0n) is 20.2. The van der Waals surface area contributed by atoms with Gasteiger partial charge >= 0.3 is 11.8 Å². The molecule has 0 spiro atoms. The summed E-state index contributed by atoms with van der Waals surface area (Å²) in [6.07, 6.45) is 8.24. The van der Waals surface area contributed by atoms with Crippen molar-refractivity contribution in [2.75, 3.05) is 25.5 Å².